The molecule has 2 amide bonds. The Morgan fingerprint density at radius 3 is 2.75 bits per heavy atom. The summed E-state index contributed by atoms with van der Waals surface area (Å²) in [6.45, 7) is 5.75. The van der Waals surface area contributed by atoms with Crippen molar-refractivity contribution >= 4 is 40.2 Å². The molecule has 0 saturated carbocycles. The summed E-state index contributed by atoms with van der Waals surface area (Å²) in [5.74, 6) is -2.48. The van der Waals surface area contributed by atoms with Gasteiger partial charge in [-0.1, -0.05) is 6.92 Å². The molecule has 1 saturated heterocycles. The third kappa shape index (κ3) is 4.22. The first-order valence-corrected chi connectivity index (χ1v) is 11.7. The van der Waals surface area contributed by atoms with Crippen molar-refractivity contribution in [2.75, 3.05) is 28.2 Å². The van der Waals surface area contributed by atoms with Crippen LogP contribution in [0.3, 0.4) is 0 Å². The number of anilines is 3. The lowest BCUT2D eigenvalue weighted by Gasteiger charge is -2.46. The minimum atomic E-state index is -4.51. The third-order valence-corrected chi connectivity index (χ3v) is 6.65. The predicted molar refractivity (Wildman–Crippen MR) is 126 cm³/mol. The number of nitrogens with one attached hydrogen (secondary N) is 2. The number of urea groups is 1. The van der Waals surface area contributed by atoms with Gasteiger partial charge in [0.05, 0.1) is 23.0 Å². The summed E-state index contributed by atoms with van der Waals surface area (Å²) in [4.78, 5) is 42.8. The zero-order chi connectivity index (χ0) is 25.8. The molecular formula is C23H25F3N8O2. The highest BCUT2D eigenvalue weighted by atomic mass is 19.4. The van der Waals surface area contributed by atoms with Gasteiger partial charge in [-0.25, -0.2) is 19.7 Å². The Hall–Kier alpha value is -3.77. The largest absolute Gasteiger partial charge is 0.391 e. The number of carbonyl (C=O) groups is 2. The van der Waals surface area contributed by atoms with Crippen LogP contribution < -0.4 is 15.1 Å². The normalized spacial score (nSPS) is 18.2. The van der Waals surface area contributed by atoms with Gasteiger partial charge in [-0.2, -0.15) is 18.3 Å². The highest BCUT2D eigenvalue weighted by Gasteiger charge is 2.41. The molecule has 10 nitrogen and oxygen atoms in total. The van der Waals surface area contributed by atoms with E-state index in [2.05, 4.69) is 35.4 Å². The molecule has 0 spiro atoms. The highest BCUT2D eigenvalue weighted by Crippen LogP contribution is 2.40. The molecule has 36 heavy (non-hydrogen) atoms. The van der Waals surface area contributed by atoms with Crippen molar-refractivity contribution in [1.29, 1.82) is 0 Å². The molecule has 3 aromatic rings. The SMILES string of the molecule is Cc1ccc2c(NC(=O)N3c4nc(C(=O)C[C@H](C)C(F)(F)F)nc(C)c4N4CCC[C@H]3C4)n[nH]c2n1. The number of halogens is 3. The Labute approximate surface area is 204 Å². The number of rotatable bonds is 4. The number of piperidine rings is 1. The Bertz CT molecular complexity index is 1360. The molecule has 3 aromatic heterocycles. The van der Waals surface area contributed by atoms with Gasteiger partial charge < -0.3 is 4.90 Å². The fourth-order valence-electron chi connectivity index (χ4n) is 4.76. The van der Waals surface area contributed by atoms with Crippen LogP contribution in [0.1, 0.15) is 48.2 Å². The van der Waals surface area contributed by atoms with Crippen molar-refractivity contribution in [3.63, 3.8) is 0 Å². The number of fused-ring (bicyclic) bond motifs is 5. The van der Waals surface area contributed by atoms with E-state index < -0.39 is 30.3 Å². The van der Waals surface area contributed by atoms with Crippen molar-refractivity contribution in [3.8, 4) is 0 Å². The summed E-state index contributed by atoms with van der Waals surface area (Å²) >= 11 is 0. The molecule has 2 aliphatic heterocycles. The van der Waals surface area contributed by atoms with Gasteiger partial charge in [0, 0.05) is 25.2 Å². The van der Waals surface area contributed by atoms with Gasteiger partial charge >= 0.3 is 12.2 Å². The summed E-state index contributed by atoms with van der Waals surface area (Å²) in [6.07, 6.45) is -3.73. The molecular weight excluding hydrogens is 477 g/mol. The standard InChI is InChI=1S/C23H25F3N8O2/c1-11(23(24,25)26)9-16(35)20-28-13(3)17-21(29-20)34(14-5-4-8-33(17)10-14)22(36)30-19-15-7-6-12(2)27-18(15)31-32-19/h6-7,11,14H,4-5,8-10H2,1-3H3,(H2,27,30,31,32,36)/t11-,14-/m0/s1. The number of hydrogen-bond acceptors (Lipinski definition) is 7. The van der Waals surface area contributed by atoms with Crippen LogP contribution in [0.4, 0.5) is 35.3 Å². The smallest absolute Gasteiger partial charge is 0.365 e. The zero-order valence-electron chi connectivity index (χ0n) is 20.0. The molecule has 2 aliphatic rings. The van der Waals surface area contributed by atoms with E-state index in [0.717, 1.165) is 25.6 Å². The van der Waals surface area contributed by atoms with E-state index >= 15 is 0 Å². The molecule has 2 N–H and O–H groups in total. The maximum atomic E-state index is 13.6. The average Bonchev–Trinajstić information content (AvgIpc) is 3.19. The topological polar surface area (TPSA) is 120 Å². The molecule has 0 aromatic carbocycles. The molecule has 2 bridgehead atoms. The Balaban J connectivity index is 1.51. The molecule has 190 valence electrons. The Morgan fingerprint density at radius 2 is 2.00 bits per heavy atom. The summed E-state index contributed by atoms with van der Waals surface area (Å²) in [5.41, 5.74) is 2.36. The number of aromatic amines is 1. The van der Waals surface area contributed by atoms with Crippen molar-refractivity contribution in [3.05, 3.63) is 29.3 Å². The molecule has 0 aliphatic carbocycles. The molecule has 2 atom stereocenters. The molecule has 1 fully saturated rings. The predicted octanol–water partition coefficient (Wildman–Crippen LogP) is 4.16. The van der Waals surface area contributed by atoms with E-state index in [1.165, 1.54) is 4.90 Å². The second-order valence-corrected chi connectivity index (χ2v) is 9.34. The number of H-pyrrole nitrogens is 1. The number of pyridine rings is 1. The van der Waals surface area contributed by atoms with Crippen LogP contribution in [0.25, 0.3) is 11.0 Å². The maximum absolute atomic E-state index is 13.6. The third-order valence-electron chi connectivity index (χ3n) is 6.65. The van der Waals surface area contributed by atoms with Gasteiger partial charge in [0.15, 0.2) is 23.1 Å². The lowest BCUT2D eigenvalue weighted by molar-refractivity contribution is -0.168. The van der Waals surface area contributed by atoms with Gasteiger partial charge in [-0.15, -0.1) is 0 Å². The fourth-order valence-corrected chi connectivity index (χ4v) is 4.76. The minimum absolute atomic E-state index is 0.216. The van der Waals surface area contributed by atoms with Crippen LogP contribution >= 0.6 is 0 Å². The van der Waals surface area contributed by atoms with E-state index in [1.807, 2.05) is 6.92 Å². The Kier molecular flexibility index (Phi) is 5.80. The number of ketones is 1. The lowest BCUT2D eigenvalue weighted by atomic mass is 9.99. The van der Waals surface area contributed by atoms with Crippen LogP contribution in [-0.2, 0) is 0 Å². The molecule has 5 rings (SSSR count). The summed E-state index contributed by atoms with van der Waals surface area (Å²) < 4.78 is 39.1. The van der Waals surface area contributed by atoms with Gasteiger partial charge in [0.2, 0.25) is 5.78 Å². The quantitative estimate of drug-likeness (QED) is 0.514. The highest BCUT2D eigenvalue weighted by molar-refractivity contribution is 6.07. The molecule has 13 heteroatoms. The van der Waals surface area contributed by atoms with E-state index in [0.29, 0.717) is 41.2 Å². The number of hydrogen-bond donors (Lipinski definition) is 2. The van der Waals surface area contributed by atoms with Crippen LogP contribution in [0.2, 0.25) is 0 Å². The second-order valence-electron chi connectivity index (χ2n) is 9.34. The monoisotopic (exact) mass is 502 g/mol. The maximum Gasteiger partial charge on any atom is 0.391 e. The van der Waals surface area contributed by atoms with Gasteiger partial charge in [-0.05, 0) is 38.8 Å². The first-order valence-electron chi connectivity index (χ1n) is 11.7. The van der Waals surface area contributed by atoms with Crippen molar-refractivity contribution < 1.29 is 22.8 Å². The molecule has 5 heterocycles. The van der Waals surface area contributed by atoms with Crippen LogP contribution in [0, 0.1) is 19.8 Å². The first kappa shape index (κ1) is 23.9. The number of Topliss-reactive ketones (excluding diaryl/α,β-unsaturated/α-hetero) is 1. The van der Waals surface area contributed by atoms with Crippen molar-refractivity contribution in [1.82, 2.24) is 25.1 Å². The number of aryl methyl sites for hydroxylation is 2. The summed E-state index contributed by atoms with van der Waals surface area (Å²) in [7, 11) is 0. The van der Waals surface area contributed by atoms with Gasteiger partial charge in [0.25, 0.3) is 0 Å². The zero-order valence-corrected chi connectivity index (χ0v) is 20.0. The second kappa shape index (κ2) is 8.71. The van der Waals surface area contributed by atoms with Crippen molar-refractivity contribution in [2.45, 2.75) is 52.3 Å². The summed E-state index contributed by atoms with van der Waals surface area (Å²) in [6, 6.07) is 2.87. The summed E-state index contributed by atoms with van der Waals surface area (Å²) in [5, 5.41) is 10.4. The number of alkyl halides is 3. The van der Waals surface area contributed by atoms with E-state index in [1.54, 1.807) is 19.1 Å². The molecule has 0 radical (unpaired) electrons. The fraction of sp³-hybridized carbons (Fsp3) is 0.478. The van der Waals surface area contributed by atoms with Crippen molar-refractivity contribution in [2.24, 2.45) is 5.92 Å². The average molecular weight is 503 g/mol. The van der Waals surface area contributed by atoms with E-state index in [9.17, 15) is 22.8 Å². The minimum Gasteiger partial charge on any atom is -0.365 e. The van der Waals surface area contributed by atoms with Crippen LogP contribution in [0.15, 0.2) is 12.1 Å². The number of amides is 2. The first-order chi connectivity index (χ1) is 17.0. The van der Waals surface area contributed by atoms with Gasteiger partial charge in [0.1, 0.15) is 5.69 Å². The lowest BCUT2D eigenvalue weighted by Crippen LogP contribution is -2.56. The number of aromatic nitrogens is 5. The van der Waals surface area contributed by atoms with Crippen LogP contribution in [0.5, 0.6) is 0 Å². The van der Waals surface area contributed by atoms with E-state index in [-0.39, 0.29) is 17.7 Å². The molecule has 0 unspecified atom stereocenters. The van der Waals surface area contributed by atoms with Crippen LogP contribution in [-0.4, -0.2) is 62.3 Å². The van der Waals surface area contributed by atoms with E-state index in [4.69, 9.17) is 0 Å². The van der Waals surface area contributed by atoms with Gasteiger partial charge in [-0.3, -0.25) is 20.1 Å². The number of carbonyl (C=O) groups excluding carboxylic acids is 2. The number of nitrogens with zero attached hydrogens (tertiary/aromatic N) is 6. The Morgan fingerprint density at radius 1 is 1.22 bits per heavy atom.